The highest BCUT2D eigenvalue weighted by atomic mass is 127. The lowest BCUT2D eigenvalue weighted by Gasteiger charge is -2.15. The Bertz CT molecular complexity index is 978. The van der Waals surface area contributed by atoms with Gasteiger partial charge in [-0.1, -0.05) is 12.1 Å². The zero-order valence-electron chi connectivity index (χ0n) is 14.3. The van der Waals surface area contributed by atoms with Crippen molar-refractivity contribution in [2.24, 2.45) is 0 Å². The quantitative estimate of drug-likeness (QED) is 0.471. The molecule has 0 amide bonds. The Morgan fingerprint density at radius 1 is 1.30 bits per heavy atom. The summed E-state index contributed by atoms with van der Waals surface area (Å²) in [4.78, 5) is 1.72. The van der Waals surface area contributed by atoms with E-state index in [-0.39, 0.29) is 16.8 Å². The second-order valence-electron chi connectivity index (χ2n) is 6.28. The van der Waals surface area contributed by atoms with Crippen LogP contribution in [0, 0.1) is 20.8 Å². The van der Waals surface area contributed by atoms with Gasteiger partial charge in [0.15, 0.2) is 6.19 Å². The Morgan fingerprint density at radius 3 is 2.81 bits per heavy atom. The van der Waals surface area contributed by atoms with Crippen LogP contribution in [0.3, 0.4) is 0 Å². The van der Waals surface area contributed by atoms with Crippen molar-refractivity contribution in [2.45, 2.75) is 23.9 Å². The molecular formula is C18H18FIN4O2S. The third-order valence-corrected chi connectivity index (χ3v) is 7.12. The molecule has 1 aliphatic rings. The molecule has 6 nitrogen and oxygen atoms in total. The first-order valence-electron chi connectivity index (χ1n) is 8.32. The molecule has 0 bridgehead atoms. The van der Waals surface area contributed by atoms with Crippen LogP contribution in [0.2, 0.25) is 0 Å². The van der Waals surface area contributed by atoms with Crippen molar-refractivity contribution in [3.8, 4) is 6.19 Å². The van der Waals surface area contributed by atoms with E-state index in [2.05, 4.69) is 10.0 Å². The second-order valence-corrected chi connectivity index (χ2v) is 9.13. The van der Waals surface area contributed by atoms with Crippen LogP contribution in [0.15, 0.2) is 47.4 Å². The molecule has 1 heterocycles. The normalized spacial score (nSPS) is 16.9. The molecule has 1 saturated heterocycles. The summed E-state index contributed by atoms with van der Waals surface area (Å²) < 4.78 is 42.1. The molecule has 2 aromatic rings. The highest BCUT2D eigenvalue weighted by Crippen LogP contribution is 2.24. The van der Waals surface area contributed by atoms with Gasteiger partial charge in [0.25, 0.3) is 0 Å². The number of nitriles is 1. The molecule has 2 N–H and O–H groups in total. The number of anilines is 1. The standard InChI is InChI=1S/C18H18FIN4O2S/c19-14-3-1-2-13(8-14)10-22-15-4-5-17(20)18(9-15)27(25,26)23-16-6-7-24(11-16)12-21/h1-5,8-9,16,22-23H,6-7,10-11H2/t16-/m1/s1. The summed E-state index contributed by atoms with van der Waals surface area (Å²) >= 11 is 1.99. The second kappa shape index (κ2) is 8.41. The predicted octanol–water partition coefficient (Wildman–Crippen LogP) is 2.88. The summed E-state index contributed by atoms with van der Waals surface area (Å²) in [6.07, 6.45) is 2.63. The number of sulfonamides is 1. The molecule has 3 rings (SSSR count). The molecule has 9 heteroatoms. The average Bonchev–Trinajstić information content (AvgIpc) is 3.08. The number of rotatable bonds is 6. The summed E-state index contributed by atoms with van der Waals surface area (Å²) in [5.74, 6) is -0.313. The molecule has 1 fully saturated rings. The Labute approximate surface area is 171 Å². The molecular weight excluding hydrogens is 482 g/mol. The molecule has 0 aliphatic carbocycles. The summed E-state index contributed by atoms with van der Waals surface area (Å²) in [6, 6.07) is 11.0. The first-order valence-corrected chi connectivity index (χ1v) is 10.9. The minimum Gasteiger partial charge on any atom is -0.381 e. The lowest BCUT2D eigenvalue weighted by atomic mass is 10.2. The fourth-order valence-electron chi connectivity index (χ4n) is 2.90. The maximum atomic E-state index is 13.3. The van der Waals surface area contributed by atoms with E-state index in [0.717, 1.165) is 5.56 Å². The van der Waals surface area contributed by atoms with Gasteiger partial charge >= 0.3 is 0 Å². The van der Waals surface area contributed by atoms with Crippen molar-refractivity contribution in [2.75, 3.05) is 18.4 Å². The lowest BCUT2D eigenvalue weighted by Crippen LogP contribution is -2.36. The van der Waals surface area contributed by atoms with Gasteiger partial charge in [-0.25, -0.2) is 17.5 Å². The van der Waals surface area contributed by atoms with Crippen LogP contribution in [0.5, 0.6) is 0 Å². The Morgan fingerprint density at radius 2 is 2.11 bits per heavy atom. The van der Waals surface area contributed by atoms with Crippen molar-refractivity contribution < 1.29 is 12.8 Å². The minimum atomic E-state index is -3.71. The highest BCUT2D eigenvalue weighted by Gasteiger charge is 2.28. The smallest absolute Gasteiger partial charge is 0.242 e. The van der Waals surface area contributed by atoms with Gasteiger partial charge in [0.05, 0.1) is 4.90 Å². The fourth-order valence-corrected chi connectivity index (χ4v) is 5.47. The average molecular weight is 500 g/mol. The van der Waals surface area contributed by atoms with Crippen molar-refractivity contribution in [1.29, 1.82) is 5.26 Å². The van der Waals surface area contributed by atoms with Crippen LogP contribution in [0.25, 0.3) is 0 Å². The van der Waals surface area contributed by atoms with Crippen LogP contribution in [0.4, 0.5) is 10.1 Å². The lowest BCUT2D eigenvalue weighted by molar-refractivity contribution is 0.470. The molecule has 1 aliphatic heterocycles. The number of nitrogens with one attached hydrogen (secondary N) is 2. The van der Waals surface area contributed by atoms with Crippen molar-refractivity contribution in [3.05, 3.63) is 57.4 Å². The molecule has 0 spiro atoms. The highest BCUT2D eigenvalue weighted by molar-refractivity contribution is 14.1. The van der Waals surface area contributed by atoms with Gasteiger partial charge in [0.2, 0.25) is 10.0 Å². The van der Waals surface area contributed by atoms with E-state index in [1.54, 1.807) is 30.3 Å². The van der Waals surface area contributed by atoms with Crippen LogP contribution >= 0.6 is 22.6 Å². The number of hydrogen-bond donors (Lipinski definition) is 2. The van der Waals surface area contributed by atoms with Crippen LogP contribution < -0.4 is 10.0 Å². The van der Waals surface area contributed by atoms with E-state index >= 15 is 0 Å². The van der Waals surface area contributed by atoms with E-state index < -0.39 is 10.0 Å². The van der Waals surface area contributed by atoms with Crippen LogP contribution in [0.1, 0.15) is 12.0 Å². The first-order chi connectivity index (χ1) is 12.9. The number of halogens is 2. The molecule has 142 valence electrons. The van der Waals surface area contributed by atoms with Crippen LogP contribution in [-0.2, 0) is 16.6 Å². The molecule has 27 heavy (non-hydrogen) atoms. The molecule has 0 saturated carbocycles. The summed E-state index contributed by atoms with van der Waals surface area (Å²) in [6.45, 7) is 1.31. The monoisotopic (exact) mass is 500 g/mol. The maximum absolute atomic E-state index is 13.3. The summed E-state index contributed by atoms with van der Waals surface area (Å²) in [5, 5.41) is 12.0. The van der Waals surface area contributed by atoms with Gasteiger partial charge in [0.1, 0.15) is 5.82 Å². The van der Waals surface area contributed by atoms with Crippen molar-refractivity contribution in [1.82, 2.24) is 9.62 Å². The van der Waals surface area contributed by atoms with E-state index in [9.17, 15) is 12.8 Å². The molecule has 1 atom stereocenters. The van der Waals surface area contributed by atoms with Crippen molar-refractivity contribution >= 4 is 38.3 Å². The van der Waals surface area contributed by atoms with E-state index in [1.165, 1.54) is 17.0 Å². The number of benzene rings is 2. The predicted molar refractivity (Wildman–Crippen MR) is 109 cm³/mol. The molecule has 0 aromatic heterocycles. The third kappa shape index (κ3) is 5.09. The van der Waals surface area contributed by atoms with Gasteiger partial charge in [-0.2, -0.15) is 5.26 Å². The largest absolute Gasteiger partial charge is 0.381 e. The fraction of sp³-hybridized carbons (Fsp3) is 0.278. The van der Waals surface area contributed by atoms with Crippen LogP contribution in [-0.4, -0.2) is 32.4 Å². The summed E-state index contributed by atoms with van der Waals surface area (Å²) in [7, 11) is -3.71. The number of likely N-dealkylation sites (tertiary alicyclic amines) is 1. The van der Waals surface area contributed by atoms with E-state index in [4.69, 9.17) is 5.26 Å². The molecule has 2 aromatic carbocycles. The number of hydrogen-bond acceptors (Lipinski definition) is 5. The topological polar surface area (TPSA) is 85.2 Å². The Kier molecular flexibility index (Phi) is 6.18. The number of nitrogens with zero attached hydrogens (tertiary/aromatic N) is 2. The SMILES string of the molecule is N#CN1CC[C@@H](NS(=O)(=O)c2cc(NCc3cccc(F)c3)ccc2I)C1. The van der Waals surface area contributed by atoms with Gasteiger partial charge in [-0.15, -0.1) is 0 Å². The molecule has 0 radical (unpaired) electrons. The summed E-state index contributed by atoms with van der Waals surface area (Å²) in [5.41, 5.74) is 1.39. The van der Waals surface area contributed by atoms with Crippen molar-refractivity contribution in [3.63, 3.8) is 0 Å². The molecule has 0 unspecified atom stereocenters. The third-order valence-electron chi connectivity index (χ3n) is 4.26. The zero-order chi connectivity index (χ0) is 19.4. The Balaban J connectivity index is 1.73. The minimum absolute atomic E-state index is 0.183. The van der Waals surface area contributed by atoms with Gasteiger partial charge < -0.3 is 10.2 Å². The van der Waals surface area contributed by atoms with Gasteiger partial charge in [0, 0.05) is 34.9 Å². The van der Waals surface area contributed by atoms with E-state index in [1.807, 2.05) is 28.8 Å². The van der Waals surface area contributed by atoms with E-state index in [0.29, 0.717) is 35.3 Å². The maximum Gasteiger partial charge on any atom is 0.242 e. The first kappa shape index (κ1) is 19.9. The zero-order valence-corrected chi connectivity index (χ0v) is 17.3. The van der Waals surface area contributed by atoms with Gasteiger partial charge in [-0.3, -0.25) is 0 Å². The van der Waals surface area contributed by atoms with Gasteiger partial charge in [-0.05, 0) is 64.9 Å². The Hall–Kier alpha value is -1.90.